The van der Waals surface area contributed by atoms with Crippen LogP contribution in [-0.2, 0) is 4.79 Å². The number of allylic oxidation sites excluding steroid dienone is 1. The third-order valence-corrected chi connectivity index (χ3v) is 2.55. The standard InChI is InChI=1S/C13H25NO2/c1-12(11-15)9-7-5-3-2-4-6-8-10-13(14)16/h7,9,12,15H,2-6,8,10-11H2,1H3,(H2,14,16). The van der Waals surface area contributed by atoms with Gasteiger partial charge < -0.3 is 10.8 Å². The zero-order valence-electron chi connectivity index (χ0n) is 10.3. The Labute approximate surface area is 98.7 Å². The van der Waals surface area contributed by atoms with E-state index in [0.717, 1.165) is 19.3 Å². The molecule has 0 aromatic rings. The van der Waals surface area contributed by atoms with E-state index in [0.29, 0.717) is 6.42 Å². The van der Waals surface area contributed by atoms with Gasteiger partial charge in [-0.15, -0.1) is 0 Å². The predicted molar refractivity (Wildman–Crippen MR) is 66.9 cm³/mol. The molecule has 0 bridgehead atoms. The summed E-state index contributed by atoms with van der Waals surface area (Å²) in [6.45, 7) is 2.23. The molecule has 0 aromatic heterocycles. The van der Waals surface area contributed by atoms with E-state index in [1.54, 1.807) is 0 Å². The van der Waals surface area contributed by atoms with Crippen LogP contribution in [0.15, 0.2) is 12.2 Å². The van der Waals surface area contributed by atoms with Crippen LogP contribution in [0.5, 0.6) is 0 Å². The quantitative estimate of drug-likeness (QED) is 0.444. The number of carbonyl (C=O) groups excluding carboxylic acids is 1. The molecule has 0 aromatic carbocycles. The SMILES string of the molecule is CC(C=CCCCCCCCC(N)=O)CO. The van der Waals surface area contributed by atoms with Gasteiger partial charge in [0.1, 0.15) is 0 Å². The average Bonchev–Trinajstić information content (AvgIpc) is 2.26. The Morgan fingerprint density at radius 2 is 1.88 bits per heavy atom. The van der Waals surface area contributed by atoms with Crippen molar-refractivity contribution in [1.29, 1.82) is 0 Å². The summed E-state index contributed by atoms with van der Waals surface area (Å²) in [4.78, 5) is 10.5. The maximum Gasteiger partial charge on any atom is 0.217 e. The highest BCUT2D eigenvalue weighted by atomic mass is 16.3. The van der Waals surface area contributed by atoms with Crippen LogP contribution >= 0.6 is 0 Å². The summed E-state index contributed by atoms with van der Waals surface area (Å²) in [5.74, 6) is 0.0801. The number of nitrogens with two attached hydrogens (primary N) is 1. The van der Waals surface area contributed by atoms with Crippen molar-refractivity contribution in [2.24, 2.45) is 11.7 Å². The summed E-state index contributed by atoms with van der Waals surface area (Å²) in [5, 5.41) is 8.79. The Bertz CT molecular complexity index is 202. The molecule has 3 N–H and O–H groups in total. The molecule has 1 atom stereocenters. The van der Waals surface area contributed by atoms with Crippen molar-refractivity contribution in [1.82, 2.24) is 0 Å². The Morgan fingerprint density at radius 3 is 2.50 bits per heavy atom. The van der Waals surface area contributed by atoms with E-state index in [1.807, 2.05) is 6.92 Å². The van der Waals surface area contributed by atoms with Gasteiger partial charge in [-0.2, -0.15) is 0 Å². The van der Waals surface area contributed by atoms with Crippen LogP contribution in [0, 0.1) is 5.92 Å². The smallest absolute Gasteiger partial charge is 0.217 e. The van der Waals surface area contributed by atoms with Crippen LogP contribution in [0.3, 0.4) is 0 Å². The molecule has 0 saturated carbocycles. The number of hydrogen-bond acceptors (Lipinski definition) is 2. The normalized spacial score (nSPS) is 13.1. The monoisotopic (exact) mass is 227 g/mol. The number of amides is 1. The molecule has 0 aliphatic carbocycles. The van der Waals surface area contributed by atoms with E-state index in [1.165, 1.54) is 19.3 Å². The summed E-state index contributed by atoms with van der Waals surface area (Å²) < 4.78 is 0. The van der Waals surface area contributed by atoms with Gasteiger partial charge in [-0.3, -0.25) is 4.79 Å². The minimum Gasteiger partial charge on any atom is -0.396 e. The first-order valence-corrected chi connectivity index (χ1v) is 6.22. The van der Waals surface area contributed by atoms with Crippen molar-refractivity contribution in [3.8, 4) is 0 Å². The predicted octanol–water partition coefficient (Wildman–Crippen LogP) is 2.39. The van der Waals surface area contributed by atoms with Crippen LogP contribution in [-0.4, -0.2) is 17.6 Å². The minimum atomic E-state index is -0.194. The maximum absolute atomic E-state index is 10.5. The van der Waals surface area contributed by atoms with Gasteiger partial charge in [0.2, 0.25) is 5.91 Å². The molecule has 0 aliphatic heterocycles. The van der Waals surface area contributed by atoms with E-state index in [2.05, 4.69) is 12.2 Å². The first-order valence-electron chi connectivity index (χ1n) is 6.22. The number of primary amides is 1. The molecule has 0 aliphatic rings. The second-order valence-corrected chi connectivity index (χ2v) is 4.36. The molecule has 1 amide bonds. The molecule has 1 unspecified atom stereocenters. The largest absolute Gasteiger partial charge is 0.396 e. The second kappa shape index (κ2) is 10.7. The number of aliphatic hydroxyl groups excluding tert-OH is 1. The van der Waals surface area contributed by atoms with Crippen molar-refractivity contribution >= 4 is 5.91 Å². The van der Waals surface area contributed by atoms with Gasteiger partial charge in [-0.05, 0) is 25.2 Å². The zero-order chi connectivity index (χ0) is 12.2. The lowest BCUT2D eigenvalue weighted by Crippen LogP contribution is -2.09. The first kappa shape index (κ1) is 15.2. The molecule has 0 radical (unpaired) electrons. The molecular formula is C13H25NO2. The molecule has 3 heteroatoms. The summed E-state index contributed by atoms with van der Waals surface area (Å²) in [6.07, 6.45) is 11.4. The van der Waals surface area contributed by atoms with E-state index in [-0.39, 0.29) is 18.4 Å². The van der Waals surface area contributed by atoms with Gasteiger partial charge in [0, 0.05) is 13.0 Å². The average molecular weight is 227 g/mol. The molecule has 0 rings (SSSR count). The topological polar surface area (TPSA) is 63.3 Å². The van der Waals surface area contributed by atoms with Crippen LogP contribution in [0.2, 0.25) is 0 Å². The lowest BCUT2D eigenvalue weighted by Gasteiger charge is -2.00. The van der Waals surface area contributed by atoms with Crippen molar-refractivity contribution in [2.75, 3.05) is 6.61 Å². The van der Waals surface area contributed by atoms with E-state index in [9.17, 15) is 4.79 Å². The fraction of sp³-hybridized carbons (Fsp3) is 0.769. The molecule has 0 spiro atoms. The summed E-state index contributed by atoms with van der Waals surface area (Å²) in [7, 11) is 0. The van der Waals surface area contributed by atoms with Crippen molar-refractivity contribution in [3.63, 3.8) is 0 Å². The van der Waals surface area contributed by atoms with Gasteiger partial charge in [0.15, 0.2) is 0 Å². The van der Waals surface area contributed by atoms with Crippen molar-refractivity contribution in [3.05, 3.63) is 12.2 Å². The summed E-state index contributed by atoms with van der Waals surface area (Å²) in [6, 6.07) is 0. The Morgan fingerprint density at radius 1 is 1.25 bits per heavy atom. The third-order valence-electron chi connectivity index (χ3n) is 2.55. The molecule has 0 saturated heterocycles. The van der Waals surface area contributed by atoms with Gasteiger partial charge in [-0.25, -0.2) is 0 Å². The minimum absolute atomic E-state index is 0.194. The van der Waals surface area contributed by atoms with Crippen LogP contribution in [0.1, 0.15) is 51.9 Å². The maximum atomic E-state index is 10.5. The second-order valence-electron chi connectivity index (χ2n) is 4.36. The van der Waals surface area contributed by atoms with Crippen LogP contribution < -0.4 is 5.73 Å². The Balaban J connectivity index is 3.15. The van der Waals surface area contributed by atoms with E-state index >= 15 is 0 Å². The van der Waals surface area contributed by atoms with E-state index < -0.39 is 0 Å². The van der Waals surface area contributed by atoms with E-state index in [4.69, 9.17) is 10.8 Å². The number of aliphatic hydroxyl groups is 1. The lowest BCUT2D eigenvalue weighted by molar-refractivity contribution is -0.118. The molecule has 16 heavy (non-hydrogen) atoms. The number of unbranched alkanes of at least 4 members (excludes halogenated alkanes) is 5. The van der Waals surface area contributed by atoms with Gasteiger partial charge in [-0.1, -0.05) is 38.3 Å². The Kier molecular flexibility index (Phi) is 10.1. The molecule has 3 nitrogen and oxygen atoms in total. The fourth-order valence-corrected chi connectivity index (χ4v) is 1.48. The molecule has 94 valence electrons. The van der Waals surface area contributed by atoms with Gasteiger partial charge in [0.05, 0.1) is 0 Å². The summed E-state index contributed by atoms with van der Waals surface area (Å²) >= 11 is 0. The molecular weight excluding hydrogens is 202 g/mol. The lowest BCUT2D eigenvalue weighted by atomic mass is 10.1. The zero-order valence-corrected chi connectivity index (χ0v) is 10.3. The first-order chi connectivity index (χ1) is 7.66. The highest BCUT2D eigenvalue weighted by Gasteiger charge is 1.94. The molecule has 0 fully saturated rings. The summed E-state index contributed by atoms with van der Waals surface area (Å²) in [5.41, 5.74) is 5.05. The van der Waals surface area contributed by atoms with Gasteiger partial charge >= 0.3 is 0 Å². The number of hydrogen-bond donors (Lipinski definition) is 2. The number of carbonyl (C=O) groups is 1. The molecule has 0 heterocycles. The number of rotatable bonds is 10. The van der Waals surface area contributed by atoms with Crippen molar-refractivity contribution < 1.29 is 9.90 Å². The van der Waals surface area contributed by atoms with Crippen LogP contribution in [0.4, 0.5) is 0 Å². The fourth-order valence-electron chi connectivity index (χ4n) is 1.48. The van der Waals surface area contributed by atoms with Crippen LogP contribution in [0.25, 0.3) is 0 Å². The highest BCUT2D eigenvalue weighted by Crippen LogP contribution is 2.08. The highest BCUT2D eigenvalue weighted by molar-refractivity contribution is 5.73. The van der Waals surface area contributed by atoms with Gasteiger partial charge in [0.25, 0.3) is 0 Å². The Hall–Kier alpha value is -0.830. The van der Waals surface area contributed by atoms with Crippen molar-refractivity contribution in [2.45, 2.75) is 51.9 Å². The third kappa shape index (κ3) is 11.2.